The summed E-state index contributed by atoms with van der Waals surface area (Å²) in [6, 6.07) is -0.581. The number of nitro benzene ring substituents is 1. The molecule has 0 aliphatic carbocycles. The van der Waals surface area contributed by atoms with Crippen LogP contribution in [0.5, 0.6) is 5.75 Å². The smallest absolute Gasteiger partial charge is 0.460 e. The lowest BCUT2D eigenvalue weighted by Crippen LogP contribution is -2.74. The molecule has 1 aromatic carbocycles. The Morgan fingerprint density at radius 3 is 1.29 bits per heavy atom. The van der Waals surface area contributed by atoms with Crippen molar-refractivity contribution in [3.8, 4) is 5.75 Å². The Bertz CT molecular complexity index is 985. The van der Waals surface area contributed by atoms with Crippen LogP contribution >= 0.6 is 0 Å². The van der Waals surface area contributed by atoms with Gasteiger partial charge in [0.15, 0.2) is 0 Å². The summed E-state index contributed by atoms with van der Waals surface area (Å²) < 4.78 is 225. The third-order valence-corrected chi connectivity index (χ3v) is 4.27. The number of rotatable bonds is 8. The molecule has 0 atom stereocenters. The zero-order chi connectivity index (χ0) is 28.4. The van der Waals surface area contributed by atoms with E-state index < -0.39 is 75.6 Å². The summed E-state index contributed by atoms with van der Waals surface area (Å²) in [6.45, 7) is 0. The highest BCUT2D eigenvalue weighted by Crippen LogP contribution is 2.65. The SMILES string of the molecule is O=[N+]([O-])c1cccc(C(F)(F)C(F)(F)C(F)(F)C(F)(F)C(F)(F)C(F)(F)C(F)(F)C(F)(F)F)c1O. The molecule has 0 spiro atoms. The molecule has 0 fully saturated rings. The van der Waals surface area contributed by atoms with Crippen molar-refractivity contribution in [3.05, 3.63) is 33.9 Å². The van der Waals surface area contributed by atoms with Crippen molar-refractivity contribution >= 4 is 5.69 Å². The first-order valence-corrected chi connectivity index (χ1v) is 7.77. The summed E-state index contributed by atoms with van der Waals surface area (Å²) in [4.78, 5) is 8.70. The normalized spacial score (nSPS) is 15.3. The predicted octanol–water partition coefficient (Wildman–Crippen LogP) is 6.77. The molecule has 0 aromatic heterocycles. The van der Waals surface area contributed by atoms with Crippen molar-refractivity contribution < 1.29 is 84.7 Å². The number of aromatic hydroxyl groups is 1. The number of benzene rings is 1. The van der Waals surface area contributed by atoms with E-state index in [2.05, 4.69) is 0 Å². The summed E-state index contributed by atoms with van der Waals surface area (Å²) in [6.07, 6.45) is -7.87. The molecular formula is C14H4F17NO3. The van der Waals surface area contributed by atoms with Crippen molar-refractivity contribution in [2.24, 2.45) is 0 Å². The number of hydrogen-bond acceptors (Lipinski definition) is 3. The summed E-state index contributed by atoms with van der Waals surface area (Å²) in [5.41, 5.74) is -5.02. The first-order chi connectivity index (χ1) is 15.1. The quantitative estimate of drug-likeness (QED) is 0.218. The predicted molar refractivity (Wildman–Crippen MR) is 74.4 cm³/mol. The minimum absolute atomic E-state index is 0.0493. The molecular weight excluding hydrogens is 553 g/mol. The van der Waals surface area contributed by atoms with Crippen LogP contribution in [-0.2, 0) is 5.92 Å². The molecule has 0 radical (unpaired) electrons. The molecule has 0 aliphatic rings. The molecule has 1 aromatic rings. The molecule has 0 amide bonds. The van der Waals surface area contributed by atoms with Gasteiger partial charge >= 0.3 is 53.3 Å². The molecule has 1 N–H and O–H groups in total. The standard InChI is InChI=1S/C14H4F17NO3/c15-7(16,4-2-1-3-5(6(4)33)32(34)35)8(17,18)9(19,20)10(21,22)11(23,24)12(25,26)13(27,28)14(29,30)31/h1-3,33H. The van der Waals surface area contributed by atoms with E-state index >= 15 is 0 Å². The zero-order valence-electron chi connectivity index (χ0n) is 15.4. The highest BCUT2D eigenvalue weighted by Gasteiger charge is 2.95. The molecule has 0 unspecified atom stereocenters. The van der Waals surface area contributed by atoms with Gasteiger partial charge in [-0.15, -0.1) is 0 Å². The van der Waals surface area contributed by atoms with Crippen LogP contribution in [0.25, 0.3) is 0 Å². The van der Waals surface area contributed by atoms with E-state index in [0.29, 0.717) is 0 Å². The lowest BCUT2D eigenvalue weighted by Gasteiger charge is -2.42. The van der Waals surface area contributed by atoms with Crippen molar-refractivity contribution in [2.45, 2.75) is 47.6 Å². The highest BCUT2D eigenvalue weighted by molar-refractivity contribution is 5.53. The van der Waals surface area contributed by atoms with Crippen molar-refractivity contribution in [3.63, 3.8) is 0 Å². The Balaban J connectivity index is 3.83. The molecule has 35 heavy (non-hydrogen) atoms. The van der Waals surface area contributed by atoms with Gasteiger partial charge < -0.3 is 5.11 Å². The molecule has 0 saturated carbocycles. The Kier molecular flexibility index (Phi) is 6.80. The van der Waals surface area contributed by atoms with E-state index in [1.54, 1.807) is 0 Å². The van der Waals surface area contributed by atoms with Crippen LogP contribution in [0.3, 0.4) is 0 Å². The van der Waals surface area contributed by atoms with Gasteiger partial charge in [-0.2, -0.15) is 74.6 Å². The maximum absolute atomic E-state index is 14.1. The first-order valence-electron chi connectivity index (χ1n) is 7.77. The number of hydrogen-bond donors (Lipinski definition) is 1. The second-order valence-corrected chi connectivity index (χ2v) is 6.45. The molecule has 21 heteroatoms. The number of phenols is 1. The third kappa shape index (κ3) is 3.76. The highest BCUT2D eigenvalue weighted by atomic mass is 19.4. The second kappa shape index (κ2) is 7.87. The lowest BCUT2D eigenvalue weighted by atomic mass is 9.87. The molecule has 4 nitrogen and oxygen atoms in total. The fourth-order valence-electron chi connectivity index (χ4n) is 2.27. The summed E-state index contributed by atoms with van der Waals surface area (Å²) >= 11 is 0. The molecule has 0 heterocycles. The Hall–Kier alpha value is -2.77. The number of halogens is 17. The summed E-state index contributed by atoms with van der Waals surface area (Å²) in [7, 11) is 0. The van der Waals surface area contributed by atoms with Crippen LogP contribution in [-0.4, -0.2) is 51.7 Å². The molecule has 0 bridgehead atoms. The molecule has 0 saturated heterocycles. The van der Waals surface area contributed by atoms with E-state index in [1.807, 2.05) is 0 Å². The zero-order valence-corrected chi connectivity index (χ0v) is 15.4. The Morgan fingerprint density at radius 1 is 0.600 bits per heavy atom. The Labute approximate surface area is 179 Å². The van der Waals surface area contributed by atoms with E-state index in [0.717, 1.165) is 0 Å². The van der Waals surface area contributed by atoms with Crippen LogP contribution in [0.1, 0.15) is 5.56 Å². The number of alkyl halides is 17. The van der Waals surface area contributed by atoms with Gasteiger partial charge in [0.2, 0.25) is 5.75 Å². The average Bonchev–Trinajstić information content (AvgIpc) is 2.65. The molecule has 1 rings (SSSR count). The van der Waals surface area contributed by atoms with E-state index in [-0.39, 0.29) is 12.1 Å². The minimum atomic E-state index is -8.80. The van der Waals surface area contributed by atoms with Gasteiger partial charge in [0.1, 0.15) is 0 Å². The monoisotopic (exact) mass is 557 g/mol. The first kappa shape index (κ1) is 30.3. The van der Waals surface area contributed by atoms with Crippen molar-refractivity contribution in [2.75, 3.05) is 0 Å². The molecule has 0 aliphatic heterocycles. The van der Waals surface area contributed by atoms with Crippen LogP contribution in [0.15, 0.2) is 18.2 Å². The maximum atomic E-state index is 14.1. The van der Waals surface area contributed by atoms with Crippen LogP contribution in [0.4, 0.5) is 80.3 Å². The summed E-state index contributed by atoms with van der Waals surface area (Å²) in [5.74, 6) is -61.0. The minimum Gasteiger partial charge on any atom is -0.502 e. The van der Waals surface area contributed by atoms with E-state index in [4.69, 9.17) is 0 Å². The average molecular weight is 557 g/mol. The van der Waals surface area contributed by atoms with Crippen molar-refractivity contribution in [1.29, 1.82) is 0 Å². The van der Waals surface area contributed by atoms with Gasteiger partial charge in [-0.25, -0.2) is 0 Å². The van der Waals surface area contributed by atoms with Crippen LogP contribution in [0, 0.1) is 10.1 Å². The fraction of sp³-hybridized carbons (Fsp3) is 0.571. The van der Waals surface area contributed by atoms with Gasteiger partial charge in [0.05, 0.1) is 10.5 Å². The molecule has 202 valence electrons. The van der Waals surface area contributed by atoms with Gasteiger partial charge in [-0.05, 0) is 6.07 Å². The number of nitro groups is 1. The number of phenolic OH excluding ortho intramolecular Hbond substituents is 1. The number of nitrogens with zero attached hydrogens (tertiary/aromatic N) is 1. The largest absolute Gasteiger partial charge is 0.502 e. The summed E-state index contributed by atoms with van der Waals surface area (Å²) in [5, 5.41) is 19.8. The van der Waals surface area contributed by atoms with Crippen LogP contribution < -0.4 is 0 Å². The second-order valence-electron chi connectivity index (χ2n) is 6.45. The lowest BCUT2D eigenvalue weighted by molar-refractivity contribution is -0.462. The topological polar surface area (TPSA) is 63.4 Å². The van der Waals surface area contributed by atoms with Gasteiger partial charge in [0.25, 0.3) is 0 Å². The van der Waals surface area contributed by atoms with Gasteiger partial charge in [0, 0.05) is 6.07 Å². The van der Waals surface area contributed by atoms with E-state index in [1.165, 1.54) is 0 Å². The third-order valence-electron chi connectivity index (χ3n) is 4.27. The van der Waals surface area contributed by atoms with Gasteiger partial charge in [-0.1, -0.05) is 6.07 Å². The van der Waals surface area contributed by atoms with E-state index in [9.17, 15) is 89.9 Å². The van der Waals surface area contributed by atoms with Gasteiger partial charge in [-0.3, -0.25) is 10.1 Å². The van der Waals surface area contributed by atoms with Crippen molar-refractivity contribution in [1.82, 2.24) is 0 Å². The maximum Gasteiger partial charge on any atom is 0.460 e. The fourth-order valence-corrected chi connectivity index (χ4v) is 2.27. The number of para-hydroxylation sites is 1. The van der Waals surface area contributed by atoms with Crippen LogP contribution in [0.2, 0.25) is 0 Å². The Morgan fingerprint density at radius 2 is 0.943 bits per heavy atom.